The molecule has 0 bridgehead atoms. The molecule has 0 aromatic rings. The number of carbonyl (C=O) groups is 1. The molecular formula is C10H20O5. The van der Waals surface area contributed by atoms with Crippen LogP contribution in [0.4, 0.5) is 0 Å². The summed E-state index contributed by atoms with van der Waals surface area (Å²) in [6.45, 7) is 5.94. The van der Waals surface area contributed by atoms with Crippen LogP contribution in [0.1, 0.15) is 20.8 Å². The molecule has 1 atom stereocenters. The van der Waals surface area contributed by atoms with Crippen molar-refractivity contribution < 1.29 is 24.1 Å². The number of methoxy groups -OCH3 is 1. The average Bonchev–Trinajstić information content (AvgIpc) is 2.15. The van der Waals surface area contributed by atoms with Crippen molar-refractivity contribution in [1.29, 1.82) is 0 Å². The lowest BCUT2D eigenvalue weighted by molar-refractivity contribution is -0.186. The third-order valence-electron chi connectivity index (χ3n) is 1.86. The maximum atomic E-state index is 10.8. The van der Waals surface area contributed by atoms with Gasteiger partial charge in [0.1, 0.15) is 0 Å². The standard InChI is InChI=1S/C10H20O5/c1-5-14-8(6-13-4)15-7-10(2,3)9(11)12/h8H,5-7H2,1-4H3,(H,11,12). The van der Waals surface area contributed by atoms with Crippen molar-refractivity contribution >= 4 is 5.97 Å². The number of hydrogen-bond acceptors (Lipinski definition) is 4. The highest BCUT2D eigenvalue weighted by atomic mass is 16.7. The van der Waals surface area contributed by atoms with Crippen molar-refractivity contribution in [3.63, 3.8) is 0 Å². The highest BCUT2D eigenvalue weighted by Crippen LogP contribution is 2.16. The number of hydrogen-bond donors (Lipinski definition) is 1. The van der Waals surface area contributed by atoms with E-state index in [1.54, 1.807) is 13.8 Å². The first-order valence-corrected chi connectivity index (χ1v) is 4.89. The maximum Gasteiger partial charge on any atom is 0.311 e. The SMILES string of the molecule is CCOC(COC)OCC(C)(C)C(=O)O. The molecule has 90 valence electrons. The predicted octanol–water partition coefficient (Wildman–Crippen LogP) is 1.12. The Morgan fingerprint density at radius 2 is 2.00 bits per heavy atom. The molecule has 5 heteroatoms. The Bertz CT molecular complexity index is 184. The van der Waals surface area contributed by atoms with E-state index in [0.29, 0.717) is 13.2 Å². The van der Waals surface area contributed by atoms with Crippen LogP contribution in [0.3, 0.4) is 0 Å². The summed E-state index contributed by atoms with van der Waals surface area (Å²) in [7, 11) is 1.54. The van der Waals surface area contributed by atoms with Gasteiger partial charge >= 0.3 is 5.97 Å². The van der Waals surface area contributed by atoms with Crippen molar-refractivity contribution in [2.75, 3.05) is 26.9 Å². The van der Waals surface area contributed by atoms with Crippen LogP contribution in [0.2, 0.25) is 0 Å². The fourth-order valence-electron chi connectivity index (χ4n) is 0.829. The van der Waals surface area contributed by atoms with Gasteiger partial charge in [0.15, 0.2) is 6.29 Å². The van der Waals surface area contributed by atoms with Gasteiger partial charge in [-0.3, -0.25) is 4.79 Å². The molecule has 0 fully saturated rings. The lowest BCUT2D eigenvalue weighted by atomic mass is 9.95. The summed E-state index contributed by atoms with van der Waals surface area (Å²) < 4.78 is 15.4. The van der Waals surface area contributed by atoms with E-state index in [2.05, 4.69) is 0 Å². The van der Waals surface area contributed by atoms with Gasteiger partial charge < -0.3 is 19.3 Å². The van der Waals surface area contributed by atoms with E-state index in [1.165, 1.54) is 7.11 Å². The first-order chi connectivity index (χ1) is 6.94. The molecule has 0 aromatic carbocycles. The van der Waals surface area contributed by atoms with Crippen LogP contribution in [-0.2, 0) is 19.0 Å². The number of rotatable bonds is 8. The van der Waals surface area contributed by atoms with E-state index in [0.717, 1.165) is 0 Å². The second kappa shape index (κ2) is 6.76. The summed E-state index contributed by atoms with van der Waals surface area (Å²) in [4.78, 5) is 10.8. The highest BCUT2D eigenvalue weighted by molar-refractivity contribution is 5.73. The van der Waals surface area contributed by atoms with E-state index in [9.17, 15) is 4.79 Å². The van der Waals surface area contributed by atoms with Crippen molar-refractivity contribution in [2.45, 2.75) is 27.1 Å². The van der Waals surface area contributed by atoms with E-state index < -0.39 is 17.7 Å². The molecule has 5 nitrogen and oxygen atoms in total. The molecule has 0 amide bonds. The maximum absolute atomic E-state index is 10.8. The van der Waals surface area contributed by atoms with E-state index in [1.807, 2.05) is 6.92 Å². The van der Waals surface area contributed by atoms with Crippen molar-refractivity contribution in [1.82, 2.24) is 0 Å². The second-order valence-corrected chi connectivity index (χ2v) is 3.84. The van der Waals surface area contributed by atoms with Crippen LogP contribution >= 0.6 is 0 Å². The third kappa shape index (κ3) is 5.71. The molecule has 0 rings (SSSR count). The molecule has 0 saturated heterocycles. The van der Waals surface area contributed by atoms with Crippen molar-refractivity contribution in [3.05, 3.63) is 0 Å². The minimum atomic E-state index is -0.914. The Hall–Kier alpha value is -0.650. The van der Waals surface area contributed by atoms with Gasteiger partial charge in [-0.05, 0) is 20.8 Å². The zero-order valence-electron chi connectivity index (χ0n) is 9.78. The van der Waals surface area contributed by atoms with Gasteiger partial charge in [0.25, 0.3) is 0 Å². The smallest absolute Gasteiger partial charge is 0.311 e. The monoisotopic (exact) mass is 220 g/mol. The van der Waals surface area contributed by atoms with Gasteiger partial charge in [-0.25, -0.2) is 0 Å². The zero-order valence-corrected chi connectivity index (χ0v) is 9.78. The van der Waals surface area contributed by atoms with Crippen LogP contribution in [0.5, 0.6) is 0 Å². The fourth-order valence-corrected chi connectivity index (χ4v) is 0.829. The Kier molecular flexibility index (Phi) is 6.47. The summed E-state index contributed by atoms with van der Waals surface area (Å²) >= 11 is 0. The summed E-state index contributed by atoms with van der Waals surface area (Å²) in [6, 6.07) is 0. The molecule has 0 aromatic heterocycles. The van der Waals surface area contributed by atoms with Crippen molar-refractivity contribution in [3.8, 4) is 0 Å². The number of carboxylic acids is 1. The van der Waals surface area contributed by atoms with Crippen LogP contribution in [0.15, 0.2) is 0 Å². The van der Waals surface area contributed by atoms with Gasteiger partial charge in [-0.1, -0.05) is 0 Å². The molecule has 0 aliphatic heterocycles. The molecular weight excluding hydrogens is 200 g/mol. The Morgan fingerprint density at radius 3 is 2.40 bits per heavy atom. The predicted molar refractivity (Wildman–Crippen MR) is 54.7 cm³/mol. The van der Waals surface area contributed by atoms with E-state index in [4.69, 9.17) is 19.3 Å². The normalized spacial score (nSPS) is 13.9. The lowest BCUT2D eigenvalue weighted by Crippen LogP contribution is -2.34. The van der Waals surface area contributed by atoms with Crippen LogP contribution < -0.4 is 0 Å². The third-order valence-corrected chi connectivity index (χ3v) is 1.86. The molecule has 0 saturated carbocycles. The molecule has 1 unspecified atom stereocenters. The topological polar surface area (TPSA) is 65.0 Å². The molecule has 0 radical (unpaired) electrons. The molecule has 0 spiro atoms. The summed E-state index contributed by atoms with van der Waals surface area (Å²) in [5.74, 6) is -0.893. The quantitative estimate of drug-likeness (QED) is 0.621. The number of ether oxygens (including phenoxy) is 3. The lowest BCUT2D eigenvalue weighted by Gasteiger charge is -2.23. The molecule has 0 heterocycles. The van der Waals surface area contributed by atoms with Gasteiger partial charge in [-0.2, -0.15) is 0 Å². The Morgan fingerprint density at radius 1 is 1.40 bits per heavy atom. The van der Waals surface area contributed by atoms with Gasteiger partial charge in [0.2, 0.25) is 0 Å². The van der Waals surface area contributed by atoms with Gasteiger partial charge in [0, 0.05) is 13.7 Å². The summed E-state index contributed by atoms with van der Waals surface area (Å²) in [5.41, 5.74) is -0.914. The first kappa shape index (κ1) is 14.3. The summed E-state index contributed by atoms with van der Waals surface area (Å²) in [5, 5.41) is 8.86. The van der Waals surface area contributed by atoms with Gasteiger partial charge in [-0.15, -0.1) is 0 Å². The highest BCUT2D eigenvalue weighted by Gasteiger charge is 2.28. The van der Waals surface area contributed by atoms with E-state index >= 15 is 0 Å². The minimum Gasteiger partial charge on any atom is -0.481 e. The van der Waals surface area contributed by atoms with Crippen LogP contribution in [-0.4, -0.2) is 44.3 Å². The number of aliphatic carboxylic acids is 1. The fraction of sp³-hybridized carbons (Fsp3) is 0.900. The van der Waals surface area contributed by atoms with Crippen molar-refractivity contribution in [2.24, 2.45) is 5.41 Å². The second-order valence-electron chi connectivity index (χ2n) is 3.84. The van der Waals surface area contributed by atoms with Crippen LogP contribution in [0.25, 0.3) is 0 Å². The van der Waals surface area contributed by atoms with E-state index in [-0.39, 0.29) is 6.61 Å². The largest absolute Gasteiger partial charge is 0.481 e. The molecule has 1 N–H and O–H groups in total. The van der Waals surface area contributed by atoms with Gasteiger partial charge in [0.05, 0.1) is 18.6 Å². The number of carboxylic acid groups (broad SMARTS) is 1. The molecule has 0 aliphatic carbocycles. The van der Waals surface area contributed by atoms with Crippen LogP contribution in [0, 0.1) is 5.41 Å². The minimum absolute atomic E-state index is 0.0936. The Balaban J connectivity index is 4.02. The Labute approximate surface area is 90.3 Å². The first-order valence-electron chi connectivity index (χ1n) is 4.89. The molecule has 15 heavy (non-hydrogen) atoms. The molecule has 0 aliphatic rings. The average molecular weight is 220 g/mol. The summed E-state index contributed by atoms with van der Waals surface area (Å²) in [6.07, 6.45) is -0.501. The zero-order chi connectivity index (χ0) is 11.9.